The van der Waals surface area contributed by atoms with Gasteiger partial charge in [-0.05, 0) is 24.3 Å². The number of nitrogens with one attached hydrogen (secondary N) is 1. The highest BCUT2D eigenvalue weighted by molar-refractivity contribution is 7.12. The highest BCUT2D eigenvalue weighted by Crippen LogP contribution is 2.07. The predicted molar refractivity (Wildman–Crippen MR) is 62.8 cm³/mol. The number of carboxylic acids is 1. The van der Waals surface area contributed by atoms with Crippen molar-refractivity contribution in [3.05, 3.63) is 22.4 Å². The molecule has 1 heterocycles. The second kappa shape index (κ2) is 7.00. The fraction of sp³-hybridized carbons (Fsp3) is 0.455. The van der Waals surface area contributed by atoms with Gasteiger partial charge in [0.15, 0.2) is 0 Å². The van der Waals surface area contributed by atoms with E-state index in [2.05, 4.69) is 5.32 Å². The van der Waals surface area contributed by atoms with E-state index in [0.717, 1.165) is 12.8 Å². The summed E-state index contributed by atoms with van der Waals surface area (Å²) in [6, 6.07) is 3.62. The van der Waals surface area contributed by atoms with Gasteiger partial charge in [0.25, 0.3) is 5.91 Å². The molecule has 1 amide bonds. The lowest BCUT2D eigenvalue weighted by Gasteiger charge is -2.02. The van der Waals surface area contributed by atoms with Crippen LogP contribution in [0.2, 0.25) is 0 Å². The number of amides is 1. The van der Waals surface area contributed by atoms with Gasteiger partial charge >= 0.3 is 5.97 Å². The Morgan fingerprint density at radius 2 is 2.12 bits per heavy atom. The van der Waals surface area contributed by atoms with Gasteiger partial charge in [0, 0.05) is 13.0 Å². The maximum atomic E-state index is 11.5. The standard InChI is InChI=1S/C11H15NO3S/c13-10(14)6-2-1-3-7-12-11(15)9-5-4-8-16-9/h4-5,8H,1-3,6-7H2,(H,12,15)(H,13,14). The zero-order valence-corrected chi connectivity index (χ0v) is 9.76. The lowest BCUT2D eigenvalue weighted by atomic mass is 10.2. The summed E-state index contributed by atoms with van der Waals surface area (Å²) >= 11 is 1.41. The molecule has 0 aliphatic carbocycles. The first-order valence-corrected chi connectivity index (χ1v) is 6.11. The molecule has 0 radical (unpaired) electrons. The first-order valence-electron chi connectivity index (χ1n) is 5.23. The highest BCUT2D eigenvalue weighted by atomic mass is 32.1. The molecule has 0 aliphatic rings. The highest BCUT2D eigenvalue weighted by Gasteiger charge is 2.04. The lowest BCUT2D eigenvalue weighted by molar-refractivity contribution is -0.137. The third-order valence-electron chi connectivity index (χ3n) is 2.10. The smallest absolute Gasteiger partial charge is 0.303 e. The van der Waals surface area contributed by atoms with E-state index < -0.39 is 5.97 Å². The number of carbonyl (C=O) groups is 2. The Hall–Kier alpha value is -1.36. The Bertz CT molecular complexity index is 335. The van der Waals surface area contributed by atoms with Gasteiger partial charge in [0.2, 0.25) is 0 Å². The zero-order chi connectivity index (χ0) is 11.8. The largest absolute Gasteiger partial charge is 0.481 e. The van der Waals surface area contributed by atoms with Gasteiger partial charge in [0.1, 0.15) is 0 Å². The molecule has 1 rings (SSSR count). The Labute approximate surface area is 98.3 Å². The van der Waals surface area contributed by atoms with E-state index in [9.17, 15) is 9.59 Å². The van der Waals surface area contributed by atoms with Crippen LogP contribution in [0.3, 0.4) is 0 Å². The van der Waals surface area contributed by atoms with Crippen molar-refractivity contribution in [2.45, 2.75) is 25.7 Å². The van der Waals surface area contributed by atoms with Crippen molar-refractivity contribution >= 4 is 23.2 Å². The van der Waals surface area contributed by atoms with Gasteiger partial charge in [-0.15, -0.1) is 11.3 Å². The van der Waals surface area contributed by atoms with Crippen LogP contribution in [-0.2, 0) is 4.79 Å². The van der Waals surface area contributed by atoms with Crippen LogP contribution in [0.1, 0.15) is 35.4 Å². The minimum absolute atomic E-state index is 0.0479. The van der Waals surface area contributed by atoms with E-state index in [1.54, 1.807) is 6.07 Å². The van der Waals surface area contributed by atoms with Gasteiger partial charge < -0.3 is 10.4 Å². The summed E-state index contributed by atoms with van der Waals surface area (Å²) < 4.78 is 0. The van der Waals surface area contributed by atoms with E-state index in [-0.39, 0.29) is 12.3 Å². The third kappa shape index (κ3) is 4.93. The molecule has 0 aromatic carbocycles. The summed E-state index contributed by atoms with van der Waals surface area (Å²) in [5, 5.41) is 13.1. The number of hydrogen-bond donors (Lipinski definition) is 2. The zero-order valence-electron chi connectivity index (χ0n) is 8.94. The van der Waals surface area contributed by atoms with Gasteiger partial charge in [0.05, 0.1) is 4.88 Å². The fourth-order valence-corrected chi connectivity index (χ4v) is 1.91. The third-order valence-corrected chi connectivity index (χ3v) is 2.97. The topological polar surface area (TPSA) is 66.4 Å². The van der Waals surface area contributed by atoms with Crippen LogP contribution in [0, 0.1) is 0 Å². The van der Waals surface area contributed by atoms with Crippen LogP contribution in [-0.4, -0.2) is 23.5 Å². The quantitative estimate of drug-likeness (QED) is 0.719. The summed E-state index contributed by atoms with van der Waals surface area (Å²) in [5.41, 5.74) is 0. The fourth-order valence-electron chi connectivity index (χ4n) is 1.27. The van der Waals surface area contributed by atoms with E-state index >= 15 is 0 Å². The van der Waals surface area contributed by atoms with Crippen molar-refractivity contribution in [1.29, 1.82) is 0 Å². The summed E-state index contributed by atoms with van der Waals surface area (Å²) in [4.78, 5) is 22.4. The van der Waals surface area contributed by atoms with E-state index in [1.165, 1.54) is 11.3 Å². The second-order valence-electron chi connectivity index (χ2n) is 3.44. The molecule has 0 unspecified atom stereocenters. The van der Waals surface area contributed by atoms with Crippen molar-refractivity contribution < 1.29 is 14.7 Å². The van der Waals surface area contributed by atoms with Gasteiger partial charge in [-0.3, -0.25) is 9.59 Å². The first kappa shape index (κ1) is 12.7. The molecular weight excluding hydrogens is 226 g/mol. The minimum atomic E-state index is -0.761. The molecule has 88 valence electrons. The molecule has 0 bridgehead atoms. The summed E-state index contributed by atoms with van der Waals surface area (Å²) in [5.74, 6) is -0.809. The number of carbonyl (C=O) groups excluding carboxylic acids is 1. The number of thiophene rings is 1. The number of carboxylic acid groups (broad SMARTS) is 1. The molecule has 1 aromatic rings. The minimum Gasteiger partial charge on any atom is -0.481 e. The molecule has 0 spiro atoms. The molecule has 4 nitrogen and oxygen atoms in total. The van der Waals surface area contributed by atoms with Crippen molar-refractivity contribution in [2.75, 3.05) is 6.54 Å². The van der Waals surface area contributed by atoms with Crippen LogP contribution in [0.15, 0.2) is 17.5 Å². The van der Waals surface area contributed by atoms with Crippen molar-refractivity contribution in [3.63, 3.8) is 0 Å². The maximum Gasteiger partial charge on any atom is 0.303 e. The molecule has 0 aliphatic heterocycles. The normalized spacial score (nSPS) is 10.0. The average molecular weight is 241 g/mol. The Morgan fingerprint density at radius 1 is 1.31 bits per heavy atom. The molecule has 0 fully saturated rings. The summed E-state index contributed by atoms with van der Waals surface area (Å²) in [6.07, 6.45) is 2.53. The van der Waals surface area contributed by atoms with Crippen molar-refractivity contribution in [3.8, 4) is 0 Å². The van der Waals surface area contributed by atoms with Crippen LogP contribution >= 0.6 is 11.3 Å². The van der Waals surface area contributed by atoms with E-state index in [1.807, 2.05) is 11.4 Å². The molecule has 5 heteroatoms. The molecule has 0 saturated carbocycles. The van der Waals surface area contributed by atoms with Crippen LogP contribution in [0.25, 0.3) is 0 Å². The van der Waals surface area contributed by atoms with Crippen LogP contribution in [0.4, 0.5) is 0 Å². The predicted octanol–water partition coefficient (Wildman–Crippen LogP) is 2.12. The summed E-state index contributed by atoms with van der Waals surface area (Å²) in [7, 11) is 0. The number of hydrogen-bond acceptors (Lipinski definition) is 3. The number of unbranched alkanes of at least 4 members (excludes halogenated alkanes) is 2. The Morgan fingerprint density at radius 3 is 2.75 bits per heavy atom. The molecule has 0 saturated heterocycles. The van der Waals surface area contributed by atoms with Gasteiger partial charge in [-0.1, -0.05) is 12.5 Å². The van der Waals surface area contributed by atoms with Crippen molar-refractivity contribution in [1.82, 2.24) is 5.32 Å². The molecular formula is C11H15NO3S. The number of rotatable bonds is 7. The molecule has 16 heavy (non-hydrogen) atoms. The van der Waals surface area contributed by atoms with E-state index in [0.29, 0.717) is 17.8 Å². The molecule has 1 aromatic heterocycles. The Kier molecular flexibility index (Phi) is 5.56. The van der Waals surface area contributed by atoms with Crippen molar-refractivity contribution in [2.24, 2.45) is 0 Å². The SMILES string of the molecule is O=C(O)CCCCCNC(=O)c1cccs1. The lowest BCUT2D eigenvalue weighted by Crippen LogP contribution is -2.23. The molecule has 0 atom stereocenters. The van der Waals surface area contributed by atoms with Crippen LogP contribution in [0.5, 0.6) is 0 Å². The number of aliphatic carboxylic acids is 1. The van der Waals surface area contributed by atoms with Gasteiger partial charge in [-0.2, -0.15) is 0 Å². The Balaban J connectivity index is 2.03. The van der Waals surface area contributed by atoms with E-state index in [4.69, 9.17) is 5.11 Å². The maximum absolute atomic E-state index is 11.5. The van der Waals surface area contributed by atoms with Crippen LogP contribution < -0.4 is 5.32 Å². The average Bonchev–Trinajstić information content (AvgIpc) is 2.75. The monoisotopic (exact) mass is 241 g/mol. The molecule has 2 N–H and O–H groups in total. The van der Waals surface area contributed by atoms with Gasteiger partial charge in [-0.25, -0.2) is 0 Å². The first-order chi connectivity index (χ1) is 7.70. The second-order valence-corrected chi connectivity index (χ2v) is 4.39. The summed E-state index contributed by atoms with van der Waals surface area (Å²) in [6.45, 7) is 0.607.